The maximum atomic E-state index is 12.0. The van der Waals surface area contributed by atoms with Gasteiger partial charge in [-0.05, 0) is 42.7 Å². The number of pyridine rings is 2. The maximum absolute atomic E-state index is 12.0. The highest BCUT2D eigenvalue weighted by molar-refractivity contribution is 5.99. The summed E-state index contributed by atoms with van der Waals surface area (Å²) < 4.78 is 0. The number of nitrogens with one attached hydrogen (secondary N) is 2. The average Bonchev–Trinajstić information content (AvgIpc) is 2.72. The van der Waals surface area contributed by atoms with Crippen LogP contribution in [0, 0.1) is 17.2 Å². The molecule has 2 amide bonds. The minimum atomic E-state index is -0.742. The molecule has 0 aliphatic carbocycles. The Kier molecular flexibility index (Phi) is 6.31. The molecule has 1 aromatic carbocycles. The third-order valence-electron chi connectivity index (χ3n) is 4.64. The van der Waals surface area contributed by atoms with Crippen LogP contribution >= 0.6 is 0 Å². The van der Waals surface area contributed by atoms with E-state index in [2.05, 4.69) is 20.6 Å². The molecule has 0 bridgehead atoms. The zero-order valence-corrected chi connectivity index (χ0v) is 17.2. The molecule has 2 aromatic heterocycles. The zero-order chi connectivity index (χ0) is 22.5. The van der Waals surface area contributed by atoms with E-state index in [-0.39, 0.29) is 28.7 Å². The summed E-state index contributed by atoms with van der Waals surface area (Å²) in [4.78, 5) is 32.6. The standard InChI is InChI=1S/C22H23N7O2/c1-12(2)8-18(20(25)31)28-21-14(11-23)10-16(19(24)30)22(29-21)27-15-5-6-17-13(9-15)4-3-7-26-17/h3-7,9-10,12,18H,8H2,1-2H3,(H2,24,30)(H2,25,31)(H2,27,28,29). The molecule has 3 aromatic rings. The molecular weight excluding hydrogens is 394 g/mol. The fourth-order valence-electron chi connectivity index (χ4n) is 3.16. The number of hydrogen-bond donors (Lipinski definition) is 4. The van der Waals surface area contributed by atoms with Crippen LogP contribution in [0.3, 0.4) is 0 Å². The number of nitrogens with two attached hydrogens (primary N) is 2. The Morgan fingerprint density at radius 1 is 1.16 bits per heavy atom. The second kappa shape index (κ2) is 9.09. The molecule has 31 heavy (non-hydrogen) atoms. The van der Waals surface area contributed by atoms with Crippen molar-refractivity contribution in [1.29, 1.82) is 5.26 Å². The van der Waals surface area contributed by atoms with Crippen molar-refractivity contribution in [2.24, 2.45) is 17.4 Å². The van der Waals surface area contributed by atoms with Crippen LogP contribution in [-0.4, -0.2) is 27.8 Å². The smallest absolute Gasteiger partial charge is 0.252 e. The number of nitriles is 1. The number of anilines is 3. The molecule has 0 aliphatic heterocycles. The van der Waals surface area contributed by atoms with Crippen molar-refractivity contribution in [3.63, 3.8) is 0 Å². The van der Waals surface area contributed by atoms with Gasteiger partial charge < -0.3 is 22.1 Å². The first-order valence-corrected chi connectivity index (χ1v) is 9.71. The highest BCUT2D eigenvalue weighted by Gasteiger charge is 2.22. The van der Waals surface area contributed by atoms with Crippen LogP contribution in [0.1, 0.15) is 36.2 Å². The fraction of sp³-hybridized carbons (Fsp3) is 0.227. The first-order valence-electron chi connectivity index (χ1n) is 9.71. The number of nitrogens with zero attached hydrogens (tertiary/aromatic N) is 3. The summed E-state index contributed by atoms with van der Waals surface area (Å²) >= 11 is 0. The quantitative estimate of drug-likeness (QED) is 0.438. The maximum Gasteiger partial charge on any atom is 0.252 e. The van der Waals surface area contributed by atoms with Crippen molar-refractivity contribution in [3.05, 3.63) is 53.7 Å². The number of carbonyl (C=O) groups is 2. The first kappa shape index (κ1) is 21.5. The van der Waals surface area contributed by atoms with E-state index in [0.29, 0.717) is 12.1 Å². The third kappa shape index (κ3) is 5.05. The highest BCUT2D eigenvalue weighted by atomic mass is 16.1. The molecule has 9 heteroatoms. The average molecular weight is 417 g/mol. The van der Waals surface area contributed by atoms with Gasteiger partial charge >= 0.3 is 0 Å². The zero-order valence-electron chi connectivity index (χ0n) is 17.2. The van der Waals surface area contributed by atoms with Gasteiger partial charge in [0.2, 0.25) is 5.91 Å². The van der Waals surface area contributed by atoms with Crippen LogP contribution in [0.4, 0.5) is 17.3 Å². The number of hydrogen-bond acceptors (Lipinski definition) is 7. The number of aromatic nitrogens is 2. The summed E-state index contributed by atoms with van der Waals surface area (Å²) in [5.74, 6) is -0.819. The largest absolute Gasteiger partial charge is 0.368 e. The van der Waals surface area contributed by atoms with Crippen LogP contribution in [0.25, 0.3) is 10.9 Å². The summed E-state index contributed by atoms with van der Waals surface area (Å²) in [7, 11) is 0. The monoisotopic (exact) mass is 417 g/mol. The summed E-state index contributed by atoms with van der Waals surface area (Å²) in [6.45, 7) is 3.90. The summed E-state index contributed by atoms with van der Waals surface area (Å²) in [6, 6.07) is 11.8. The summed E-state index contributed by atoms with van der Waals surface area (Å²) in [5, 5.41) is 16.4. The van der Waals surface area contributed by atoms with E-state index in [1.165, 1.54) is 6.07 Å². The second-order valence-electron chi connectivity index (χ2n) is 7.52. The first-order chi connectivity index (χ1) is 14.8. The molecule has 0 saturated carbocycles. The molecule has 9 nitrogen and oxygen atoms in total. The lowest BCUT2D eigenvalue weighted by Crippen LogP contribution is -2.37. The van der Waals surface area contributed by atoms with E-state index in [1.54, 1.807) is 12.3 Å². The molecule has 2 heterocycles. The van der Waals surface area contributed by atoms with Crippen LogP contribution in [0.5, 0.6) is 0 Å². The van der Waals surface area contributed by atoms with E-state index in [4.69, 9.17) is 11.5 Å². The van der Waals surface area contributed by atoms with Gasteiger partial charge in [0.25, 0.3) is 5.91 Å². The minimum absolute atomic E-state index is 0.0490. The SMILES string of the molecule is CC(C)CC(Nc1nc(Nc2ccc3ncccc3c2)c(C(N)=O)cc1C#N)C(N)=O. The lowest BCUT2D eigenvalue weighted by Gasteiger charge is -2.20. The second-order valence-corrected chi connectivity index (χ2v) is 7.52. The lowest BCUT2D eigenvalue weighted by molar-refractivity contribution is -0.119. The summed E-state index contributed by atoms with van der Waals surface area (Å²) in [5.41, 5.74) is 12.6. The van der Waals surface area contributed by atoms with E-state index in [1.807, 2.05) is 44.2 Å². The van der Waals surface area contributed by atoms with E-state index >= 15 is 0 Å². The van der Waals surface area contributed by atoms with Gasteiger partial charge in [-0.15, -0.1) is 0 Å². The molecular formula is C22H23N7O2. The van der Waals surface area contributed by atoms with Crippen molar-refractivity contribution in [3.8, 4) is 6.07 Å². The van der Waals surface area contributed by atoms with Gasteiger partial charge in [0.1, 0.15) is 23.7 Å². The molecule has 0 radical (unpaired) electrons. The number of amides is 2. The number of rotatable bonds is 8. The number of primary amides is 2. The normalized spacial score (nSPS) is 11.7. The Bertz CT molecular complexity index is 1180. The van der Waals surface area contributed by atoms with E-state index in [0.717, 1.165) is 10.9 Å². The molecule has 1 atom stereocenters. The highest BCUT2D eigenvalue weighted by Crippen LogP contribution is 2.27. The topological polar surface area (TPSA) is 160 Å². The molecule has 6 N–H and O–H groups in total. The summed E-state index contributed by atoms with van der Waals surface area (Å²) in [6.07, 6.45) is 2.16. The van der Waals surface area contributed by atoms with Crippen molar-refractivity contribution in [1.82, 2.24) is 9.97 Å². The van der Waals surface area contributed by atoms with Crippen molar-refractivity contribution in [2.75, 3.05) is 10.6 Å². The van der Waals surface area contributed by atoms with Crippen LogP contribution < -0.4 is 22.1 Å². The van der Waals surface area contributed by atoms with Gasteiger partial charge in [-0.2, -0.15) is 5.26 Å². The van der Waals surface area contributed by atoms with Crippen molar-refractivity contribution >= 4 is 40.0 Å². The molecule has 0 fully saturated rings. The van der Waals surface area contributed by atoms with Crippen molar-refractivity contribution in [2.45, 2.75) is 26.3 Å². The molecule has 158 valence electrons. The van der Waals surface area contributed by atoms with Gasteiger partial charge in [0, 0.05) is 17.3 Å². The fourth-order valence-corrected chi connectivity index (χ4v) is 3.16. The van der Waals surface area contributed by atoms with Crippen LogP contribution in [-0.2, 0) is 4.79 Å². The van der Waals surface area contributed by atoms with Crippen LogP contribution in [0.15, 0.2) is 42.6 Å². The Morgan fingerprint density at radius 2 is 1.94 bits per heavy atom. The Hall–Kier alpha value is -4.19. The van der Waals surface area contributed by atoms with Gasteiger partial charge in [0.05, 0.1) is 16.6 Å². The molecule has 0 saturated heterocycles. The Morgan fingerprint density at radius 3 is 2.58 bits per heavy atom. The van der Waals surface area contributed by atoms with Gasteiger partial charge in [-0.3, -0.25) is 14.6 Å². The molecule has 1 unspecified atom stereocenters. The number of carbonyl (C=O) groups excluding carboxylic acids is 2. The minimum Gasteiger partial charge on any atom is -0.368 e. The lowest BCUT2D eigenvalue weighted by atomic mass is 10.0. The Balaban J connectivity index is 2.03. The number of fused-ring (bicyclic) bond motifs is 1. The Labute approximate surface area is 179 Å². The predicted molar refractivity (Wildman–Crippen MR) is 119 cm³/mol. The van der Waals surface area contributed by atoms with E-state index in [9.17, 15) is 14.9 Å². The number of benzene rings is 1. The van der Waals surface area contributed by atoms with Gasteiger partial charge in [-0.1, -0.05) is 19.9 Å². The predicted octanol–water partition coefficient (Wildman–Crippen LogP) is 2.66. The molecule has 3 rings (SSSR count). The van der Waals surface area contributed by atoms with E-state index < -0.39 is 17.9 Å². The van der Waals surface area contributed by atoms with Crippen LogP contribution in [0.2, 0.25) is 0 Å². The third-order valence-corrected chi connectivity index (χ3v) is 4.64. The van der Waals surface area contributed by atoms with Crippen molar-refractivity contribution < 1.29 is 9.59 Å². The van der Waals surface area contributed by atoms with Gasteiger partial charge in [0.15, 0.2) is 0 Å². The van der Waals surface area contributed by atoms with Gasteiger partial charge in [-0.25, -0.2) is 4.98 Å². The molecule has 0 spiro atoms. The molecule has 0 aliphatic rings.